The summed E-state index contributed by atoms with van der Waals surface area (Å²) in [6.07, 6.45) is 1.83. The number of amides is 1. The lowest BCUT2D eigenvalue weighted by Gasteiger charge is -2.10. The quantitative estimate of drug-likeness (QED) is 0.735. The van der Waals surface area contributed by atoms with E-state index in [1.807, 2.05) is 30.3 Å². The summed E-state index contributed by atoms with van der Waals surface area (Å²) in [6.45, 7) is 0.482. The SMILES string of the molecule is O=C(COc1ccccc1CO)NCCCc1ccccc1. The van der Waals surface area contributed by atoms with Gasteiger partial charge in [-0.25, -0.2) is 0 Å². The first-order valence-electron chi connectivity index (χ1n) is 7.42. The van der Waals surface area contributed by atoms with Crippen molar-refractivity contribution in [1.82, 2.24) is 5.32 Å². The van der Waals surface area contributed by atoms with Crippen molar-refractivity contribution in [2.45, 2.75) is 19.4 Å². The summed E-state index contributed by atoms with van der Waals surface area (Å²) in [5.74, 6) is 0.394. The highest BCUT2D eigenvalue weighted by Crippen LogP contribution is 2.17. The van der Waals surface area contributed by atoms with Crippen molar-refractivity contribution < 1.29 is 14.6 Å². The molecule has 1 amide bonds. The Labute approximate surface area is 130 Å². The number of aliphatic hydroxyl groups is 1. The second-order valence-electron chi connectivity index (χ2n) is 4.99. The maximum Gasteiger partial charge on any atom is 0.257 e. The normalized spacial score (nSPS) is 10.2. The molecule has 0 radical (unpaired) electrons. The van der Waals surface area contributed by atoms with Crippen molar-refractivity contribution in [3.05, 3.63) is 65.7 Å². The molecule has 0 aliphatic carbocycles. The van der Waals surface area contributed by atoms with E-state index in [0.717, 1.165) is 12.8 Å². The van der Waals surface area contributed by atoms with Crippen LogP contribution in [0.25, 0.3) is 0 Å². The third kappa shape index (κ3) is 5.22. The number of aliphatic hydroxyl groups excluding tert-OH is 1. The fourth-order valence-corrected chi connectivity index (χ4v) is 2.13. The molecule has 0 fully saturated rings. The van der Waals surface area contributed by atoms with Gasteiger partial charge in [0.1, 0.15) is 5.75 Å². The number of aryl methyl sites for hydroxylation is 1. The van der Waals surface area contributed by atoms with Gasteiger partial charge in [0, 0.05) is 12.1 Å². The van der Waals surface area contributed by atoms with Crippen LogP contribution in [0.4, 0.5) is 0 Å². The smallest absolute Gasteiger partial charge is 0.257 e. The minimum Gasteiger partial charge on any atom is -0.483 e. The third-order valence-corrected chi connectivity index (χ3v) is 3.31. The molecular weight excluding hydrogens is 278 g/mol. The van der Waals surface area contributed by atoms with Gasteiger partial charge in [-0.05, 0) is 24.5 Å². The average Bonchev–Trinajstić information content (AvgIpc) is 2.58. The molecule has 0 saturated heterocycles. The molecule has 0 spiro atoms. The van der Waals surface area contributed by atoms with Crippen molar-refractivity contribution in [3.8, 4) is 5.75 Å². The lowest BCUT2D eigenvalue weighted by atomic mass is 10.1. The fraction of sp³-hybridized carbons (Fsp3) is 0.278. The number of benzene rings is 2. The molecule has 2 N–H and O–H groups in total. The van der Waals surface area contributed by atoms with Gasteiger partial charge in [0.2, 0.25) is 0 Å². The van der Waals surface area contributed by atoms with Gasteiger partial charge in [-0.2, -0.15) is 0 Å². The molecule has 0 saturated carbocycles. The van der Waals surface area contributed by atoms with Gasteiger partial charge in [-0.15, -0.1) is 0 Å². The Bertz CT molecular complexity index is 584. The second kappa shape index (κ2) is 8.85. The van der Waals surface area contributed by atoms with Crippen LogP contribution in [0.15, 0.2) is 54.6 Å². The summed E-state index contributed by atoms with van der Waals surface area (Å²) in [4.78, 5) is 11.7. The zero-order chi connectivity index (χ0) is 15.6. The minimum atomic E-state index is -0.152. The minimum absolute atomic E-state index is 0.0393. The van der Waals surface area contributed by atoms with Gasteiger partial charge >= 0.3 is 0 Å². The van der Waals surface area contributed by atoms with Crippen molar-refractivity contribution in [2.24, 2.45) is 0 Å². The van der Waals surface area contributed by atoms with Crippen LogP contribution >= 0.6 is 0 Å². The van der Waals surface area contributed by atoms with E-state index in [-0.39, 0.29) is 19.1 Å². The third-order valence-electron chi connectivity index (χ3n) is 3.31. The Morgan fingerprint density at radius 2 is 1.77 bits per heavy atom. The highest BCUT2D eigenvalue weighted by Gasteiger charge is 2.05. The van der Waals surface area contributed by atoms with E-state index in [1.165, 1.54) is 5.56 Å². The Morgan fingerprint density at radius 3 is 2.55 bits per heavy atom. The number of ether oxygens (including phenoxy) is 1. The first-order valence-corrected chi connectivity index (χ1v) is 7.42. The van der Waals surface area contributed by atoms with E-state index in [0.29, 0.717) is 17.9 Å². The van der Waals surface area contributed by atoms with Crippen molar-refractivity contribution in [2.75, 3.05) is 13.2 Å². The number of carbonyl (C=O) groups excluding carboxylic acids is 1. The summed E-state index contributed by atoms with van der Waals surface area (Å²) < 4.78 is 5.43. The number of nitrogens with one attached hydrogen (secondary N) is 1. The summed E-state index contributed by atoms with van der Waals surface area (Å²) in [6, 6.07) is 17.3. The van der Waals surface area contributed by atoms with Gasteiger partial charge in [-0.1, -0.05) is 48.5 Å². The number of hydrogen-bond donors (Lipinski definition) is 2. The van der Waals surface area contributed by atoms with E-state index < -0.39 is 0 Å². The van der Waals surface area contributed by atoms with Crippen LogP contribution in [-0.4, -0.2) is 24.2 Å². The van der Waals surface area contributed by atoms with Gasteiger partial charge in [0.05, 0.1) is 6.61 Å². The molecule has 2 aromatic carbocycles. The zero-order valence-electron chi connectivity index (χ0n) is 12.5. The van der Waals surface area contributed by atoms with E-state index in [1.54, 1.807) is 12.1 Å². The highest BCUT2D eigenvalue weighted by molar-refractivity contribution is 5.77. The molecule has 0 bridgehead atoms. The predicted molar refractivity (Wildman–Crippen MR) is 85.6 cm³/mol. The van der Waals surface area contributed by atoms with E-state index in [9.17, 15) is 9.90 Å². The number of carbonyl (C=O) groups is 1. The van der Waals surface area contributed by atoms with Crippen LogP contribution in [0.5, 0.6) is 5.75 Å². The first-order chi connectivity index (χ1) is 10.8. The van der Waals surface area contributed by atoms with Crippen LogP contribution in [0.1, 0.15) is 17.5 Å². The molecule has 0 atom stereocenters. The molecule has 4 heteroatoms. The zero-order valence-corrected chi connectivity index (χ0v) is 12.5. The predicted octanol–water partition coefficient (Wildman–Crippen LogP) is 2.31. The molecule has 0 aliphatic heterocycles. The summed E-state index contributed by atoms with van der Waals surface area (Å²) in [5.41, 5.74) is 1.95. The van der Waals surface area contributed by atoms with Gasteiger partial charge in [0.15, 0.2) is 6.61 Å². The van der Waals surface area contributed by atoms with Crippen molar-refractivity contribution >= 4 is 5.91 Å². The lowest BCUT2D eigenvalue weighted by Crippen LogP contribution is -2.30. The van der Waals surface area contributed by atoms with Crippen LogP contribution in [0, 0.1) is 0 Å². The number of hydrogen-bond acceptors (Lipinski definition) is 3. The van der Waals surface area contributed by atoms with E-state index in [4.69, 9.17) is 4.74 Å². The molecular formula is C18H21NO3. The maximum atomic E-state index is 11.7. The largest absolute Gasteiger partial charge is 0.483 e. The van der Waals surface area contributed by atoms with Gasteiger partial charge in [0.25, 0.3) is 5.91 Å². The maximum absolute atomic E-state index is 11.7. The summed E-state index contributed by atoms with van der Waals surface area (Å²) in [7, 11) is 0. The number of rotatable bonds is 8. The molecule has 4 nitrogen and oxygen atoms in total. The van der Waals surface area contributed by atoms with E-state index in [2.05, 4.69) is 17.4 Å². The Morgan fingerprint density at radius 1 is 1.05 bits per heavy atom. The molecule has 2 rings (SSSR count). The average molecular weight is 299 g/mol. The molecule has 0 aromatic heterocycles. The van der Waals surface area contributed by atoms with Gasteiger partial charge in [-0.3, -0.25) is 4.79 Å². The molecule has 0 unspecified atom stereocenters. The molecule has 0 heterocycles. The fourth-order valence-electron chi connectivity index (χ4n) is 2.13. The molecule has 116 valence electrons. The Hall–Kier alpha value is -2.33. The van der Waals surface area contributed by atoms with Crippen LogP contribution < -0.4 is 10.1 Å². The number of para-hydroxylation sites is 1. The molecule has 22 heavy (non-hydrogen) atoms. The lowest BCUT2D eigenvalue weighted by molar-refractivity contribution is -0.123. The summed E-state index contributed by atoms with van der Waals surface area (Å²) in [5, 5.41) is 12.0. The molecule has 0 aliphatic rings. The summed E-state index contributed by atoms with van der Waals surface area (Å²) >= 11 is 0. The second-order valence-corrected chi connectivity index (χ2v) is 4.99. The van der Waals surface area contributed by atoms with Crippen LogP contribution in [-0.2, 0) is 17.8 Å². The first kappa shape index (κ1) is 16.0. The van der Waals surface area contributed by atoms with Crippen LogP contribution in [0.3, 0.4) is 0 Å². The topological polar surface area (TPSA) is 58.6 Å². The standard InChI is InChI=1S/C18H21NO3/c20-13-16-10-4-5-11-17(16)22-14-18(21)19-12-6-9-15-7-2-1-3-8-15/h1-5,7-8,10-11,20H,6,9,12-14H2,(H,19,21). The van der Waals surface area contributed by atoms with E-state index >= 15 is 0 Å². The monoisotopic (exact) mass is 299 g/mol. The molecule has 2 aromatic rings. The Kier molecular flexibility index (Phi) is 6.45. The Balaban J connectivity index is 1.66. The van der Waals surface area contributed by atoms with Crippen LogP contribution in [0.2, 0.25) is 0 Å². The van der Waals surface area contributed by atoms with Gasteiger partial charge < -0.3 is 15.2 Å². The van der Waals surface area contributed by atoms with Crippen molar-refractivity contribution in [3.63, 3.8) is 0 Å². The highest BCUT2D eigenvalue weighted by atomic mass is 16.5. The van der Waals surface area contributed by atoms with Crippen molar-refractivity contribution in [1.29, 1.82) is 0 Å².